The lowest BCUT2D eigenvalue weighted by molar-refractivity contribution is -0.661. The highest BCUT2D eigenvalue weighted by molar-refractivity contribution is 7.90. The summed E-state index contributed by atoms with van der Waals surface area (Å²) in [7, 11) is -3.74. The Kier molecular flexibility index (Phi) is 12.0. The van der Waals surface area contributed by atoms with E-state index in [1.165, 1.54) is 0 Å². The minimum absolute atomic E-state index is 0.0145. The summed E-state index contributed by atoms with van der Waals surface area (Å²) in [6.45, 7) is 5.16. The number of carbonyl (C=O) groups is 2. The molecule has 2 aliphatic heterocycles. The quantitative estimate of drug-likeness (QED) is 0.351. The summed E-state index contributed by atoms with van der Waals surface area (Å²) in [6.07, 6.45) is -1.43. The molecule has 0 spiro atoms. The van der Waals surface area contributed by atoms with E-state index >= 15 is 0 Å². The van der Waals surface area contributed by atoms with Crippen molar-refractivity contribution in [3.63, 3.8) is 0 Å². The van der Waals surface area contributed by atoms with E-state index in [9.17, 15) is 31.5 Å². The molecule has 2 saturated heterocycles. The molecule has 0 aromatic heterocycles. The zero-order valence-electron chi connectivity index (χ0n) is 23.2. The van der Waals surface area contributed by atoms with Gasteiger partial charge in [-0.3, -0.25) is 4.79 Å². The average Bonchev–Trinajstić information content (AvgIpc) is 2.97. The molecule has 2 fully saturated rings. The van der Waals surface area contributed by atoms with E-state index in [1.807, 2.05) is 29.2 Å². The van der Waals surface area contributed by atoms with Crippen LogP contribution in [0.3, 0.4) is 0 Å². The summed E-state index contributed by atoms with van der Waals surface area (Å²) < 4.78 is 58.9. The Bertz CT molecular complexity index is 1300. The Morgan fingerprint density at radius 2 is 1.62 bits per heavy atom. The molecule has 14 heteroatoms. The van der Waals surface area contributed by atoms with Crippen LogP contribution in [0.4, 0.5) is 24.5 Å². The molecule has 4 rings (SSSR count). The number of alkyl halides is 3. The van der Waals surface area contributed by atoms with Crippen LogP contribution in [0.15, 0.2) is 47.4 Å². The molecule has 232 valence electrons. The summed E-state index contributed by atoms with van der Waals surface area (Å²) in [5.74, 6) is -3.25. The molecule has 0 unspecified atom stereocenters. The number of carboxylic acid groups (broad SMARTS) is 1. The predicted molar refractivity (Wildman–Crippen MR) is 149 cm³/mol. The molecule has 2 aliphatic rings. The van der Waals surface area contributed by atoms with Gasteiger partial charge in [-0.1, -0.05) is 30.3 Å². The fraction of sp³-hybridized carbons (Fsp3) is 0.500. The van der Waals surface area contributed by atoms with Crippen LogP contribution in [0, 0.1) is 0 Å². The highest BCUT2D eigenvalue weighted by Crippen LogP contribution is 2.35. The standard InChI is InChI=1S/C26H36N4O4S.C2HF3O2/c31-17-7-10-28-23-19-24(29-13-5-2-6-14-29)22(26(32)30-15-11-27-12-16-30)18-25(23)35(33,34)20-21-8-3-1-4-9-21;3-2(4,5)1(6)7/h1,3-4,8-9,18-19,27-28,31H,2,5-7,10-17,20H2;(H,6,7). The highest BCUT2D eigenvalue weighted by Gasteiger charge is 2.30. The van der Waals surface area contributed by atoms with Gasteiger partial charge in [0.15, 0.2) is 9.84 Å². The van der Waals surface area contributed by atoms with Gasteiger partial charge in [0.1, 0.15) is 5.97 Å². The molecule has 10 nitrogen and oxygen atoms in total. The maximum atomic E-state index is 13.7. The predicted octanol–water partition coefficient (Wildman–Crippen LogP) is 0.763. The third-order valence-electron chi connectivity index (χ3n) is 6.93. The van der Waals surface area contributed by atoms with Gasteiger partial charge < -0.3 is 35.4 Å². The Morgan fingerprint density at radius 3 is 2.19 bits per heavy atom. The van der Waals surface area contributed by atoms with Gasteiger partial charge in [-0.15, -0.1) is 0 Å². The van der Waals surface area contributed by atoms with Crippen LogP contribution in [0.1, 0.15) is 41.6 Å². The maximum absolute atomic E-state index is 13.7. The molecule has 0 radical (unpaired) electrons. The number of nitrogens with one attached hydrogen (secondary N) is 1. The number of amides is 1. The van der Waals surface area contributed by atoms with Crippen molar-refractivity contribution >= 4 is 33.1 Å². The number of nitrogens with two attached hydrogens (primary N) is 1. The largest absolute Gasteiger partial charge is 0.542 e. The van der Waals surface area contributed by atoms with E-state index < -0.39 is 22.0 Å². The smallest absolute Gasteiger partial charge is 0.430 e. The van der Waals surface area contributed by atoms with E-state index in [0.717, 1.165) is 51.1 Å². The number of aliphatic carboxylic acids is 1. The number of hydrogen-bond donors (Lipinski definition) is 3. The van der Waals surface area contributed by atoms with Crippen molar-refractivity contribution in [2.75, 3.05) is 62.6 Å². The van der Waals surface area contributed by atoms with Gasteiger partial charge in [0.25, 0.3) is 5.91 Å². The topological polar surface area (TPSA) is 147 Å². The second-order valence-electron chi connectivity index (χ2n) is 10.1. The zero-order valence-corrected chi connectivity index (χ0v) is 24.1. The Morgan fingerprint density at radius 1 is 1.00 bits per heavy atom. The number of benzene rings is 2. The number of carbonyl (C=O) groups excluding carboxylic acids is 2. The lowest BCUT2D eigenvalue weighted by Gasteiger charge is -2.33. The second-order valence-corrected chi connectivity index (χ2v) is 12.1. The number of hydrogen-bond acceptors (Lipinski definition) is 8. The van der Waals surface area contributed by atoms with E-state index in [0.29, 0.717) is 42.9 Å². The number of sulfone groups is 1. The Hall–Kier alpha value is -3.36. The fourth-order valence-corrected chi connectivity index (χ4v) is 6.38. The number of carboxylic acids is 1. The van der Waals surface area contributed by atoms with E-state index in [4.69, 9.17) is 9.90 Å². The van der Waals surface area contributed by atoms with E-state index in [2.05, 4.69) is 15.5 Å². The van der Waals surface area contributed by atoms with Crippen molar-refractivity contribution in [1.29, 1.82) is 0 Å². The van der Waals surface area contributed by atoms with E-state index in [-0.39, 0.29) is 23.2 Å². The lowest BCUT2D eigenvalue weighted by Crippen LogP contribution is -2.89. The van der Waals surface area contributed by atoms with Crippen LogP contribution in [-0.4, -0.2) is 88.9 Å². The summed E-state index contributed by atoms with van der Waals surface area (Å²) >= 11 is 0. The average molecular weight is 615 g/mol. The van der Waals surface area contributed by atoms with Gasteiger partial charge in [-0.25, -0.2) is 8.42 Å². The van der Waals surface area contributed by atoms with Gasteiger partial charge >= 0.3 is 6.18 Å². The first kappa shape index (κ1) is 33.1. The second kappa shape index (κ2) is 15.2. The number of nitrogens with zero attached hydrogens (tertiary/aromatic N) is 2. The SMILES string of the molecule is O=C([O-])C(F)(F)F.O=C(c1cc(S(=O)(=O)Cc2ccccc2)c(NCCCO)cc1N1CCCCC1)N1CC[NH2+]CC1. The first-order chi connectivity index (χ1) is 19.9. The van der Waals surface area contributed by atoms with Crippen molar-refractivity contribution in [1.82, 2.24) is 4.90 Å². The van der Waals surface area contributed by atoms with Gasteiger partial charge in [-0.2, -0.15) is 13.2 Å². The number of rotatable bonds is 9. The molecule has 2 heterocycles. The van der Waals surface area contributed by atoms with Crippen LogP contribution in [0.5, 0.6) is 0 Å². The minimum Gasteiger partial charge on any atom is -0.542 e. The molecule has 1 amide bonds. The van der Waals surface area contributed by atoms with Gasteiger partial charge in [-0.05, 0) is 43.4 Å². The first-order valence-electron chi connectivity index (χ1n) is 13.9. The molecule has 2 aromatic carbocycles. The van der Waals surface area contributed by atoms with Gasteiger partial charge in [0, 0.05) is 26.2 Å². The molecule has 0 saturated carbocycles. The third-order valence-corrected chi connectivity index (χ3v) is 8.66. The summed E-state index contributed by atoms with van der Waals surface area (Å²) in [5, 5.41) is 23.5. The molecule has 4 N–H and O–H groups in total. The van der Waals surface area contributed by atoms with Gasteiger partial charge in [0.05, 0.1) is 53.8 Å². The third kappa shape index (κ3) is 9.33. The molecule has 0 atom stereocenters. The summed E-state index contributed by atoms with van der Waals surface area (Å²) in [5.41, 5.74) is 2.47. The van der Waals surface area contributed by atoms with Crippen molar-refractivity contribution in [3.05, 3.63) is 53.6 Å². The molecule has 2 aromatic rings. The van der Waals surface area contributed by atoms with E-state index in [1.54, 1.807) is 18.2 Å². The number of piperidine rings is 1. The van der Waals surface area contributed by atoms with Crippen LogP contribution in [0.25, 0.3) is 0 Å². The molecule has 0 aliphatic carbocycles. The monoisotopic (exact) mass is 614 g/mol. The number of aliphatic hydroxyl groups excluding tert-OH is 1. The molecule has 0 bridgehead atoms. The van der Waals surface area contributed by atoms with Crippen LogP contribution >= 0.6 is 0 Å². The van der Waals surface area contributed by atoms with Gasteiger partial charge in [0.2, 0.25) is 0 Å². The first-order valence-corrected chi connectivity index (χ1v) is 15.5. The molecule has 42 heavy (non-hydrogen) atoms. The number of quaternary nitrogens is 1. The number of piperazine rings is 1. The number of anilines is 2. The molecular weight excluding hydrogens is 577 g/mol. The zero-order chi connectivity index (χ0) is 30.8. The van der Waals surface area contributed by atoms with Crippen molar-refractivity contribution in [2.45, 2.75) is 42.5 Å². The Labute approximate surface area is 243 Å². The molecular formula is C28H37F3N4O6S. The summed E-state index contributed by atoms with van der Waals surface area (Å²) in [6, 6.07) is 12.6. The Balaban J connectivity index is 0.000000616. The number of halogens is 3. The van der Waals surface area contributed by atoms with Crippen LogP contribution < -0.4 is 20.6 Å². The van der Waals surface area contributed by atoms with Crippen molar-refractivity contribution in [2.24, 2.45) is 0 Å². The maximum Gasteiger partial charge on any atom is 0.430 e. The van der Waals surface area contributed by atoms with Crippen molar-refractivity contribution < 1.29 is 46.7 Å². The van der Waals surface area contributed by atoms with Crippen molar-refractivity contribution in [3.8, 4) is 0 Å². The highest BCUT2D eigenvalue weighted by atomic mass is 32.2. The van der Waals surface area contributed by atoms with Crippen LogP contribution in [0.2, 0.25) is 0 Å². The lowest BCUT2D eigenvalue weighted by atomic mass is 10.0. The fourth-order valence-electron chi connectivity index (χ4n) is 4.83. The van der Waals surface area contributed by atoms with Crippen LogP contribution in [-0.2, 0) is 20.4 Å². The summed E-state index contributed by atoms with van der Waals surface area (Å²) in [4.78, 5) is 26.7. The minimum atomic E-state index is -5.19. The number of aliphatic hydroxyl groups is 1. The normalized spacial score (nSPS) is 15.9.